The quantitative estimate of drug-likeness (QED) is 0.456. The fourth-order valence-corrected chi connectivity index (χ4v) is 4.08. The zero-order valence-corrected chi connectivity index (χ0v) is 18.5. The van der Waals surface area contributed by atoms with Gasteiger partial charge in [-0.05, 0) is 73.6 Å². The summed E-state index contributed by atoms with van der Waals surface area (Å²) in [5, 5.41) is 0. The van der Waals surface area contributed by atoms with Gasteiger partial charge in [0.2, 0.25) is 11.8 Å². The third-order valence-corrected chi connectivity index (χ3v) is 5.56. The fourth-order valence-electron chi connectivity index (χ4n) is 4.08. The molecule has 0 aliphatic rings. The van der Waals surface area contributed by atoms with Gasteiger partial charge in [-0.3, -0.25) is 9.59 Å². The van der Waals surface area contributed by atoms with E-state index >= 15 is 0 Å². The Hall–Kier alpha value is -1.84. The van der Waals surface area contributed by atoms with E-state index in [2.05, 4.69) is 27.7 Å². The van der Waals surface area contributed by atoms with Crippen molar-refractivity contribution in [2.45, 2.75) is 105 Å². The molecule has 0 spiro atoms. The van der Waals surface area contributed by atoms with Crippen LogP contribution in [0.15, 0.2) is 0 Å². The van der Waals surface area contributed by atoms with E-state index in [4.69, 9.17) is 11.5 Å². The smallest absolute Gasteiger partial charge is 0.249 e. The van der Waals surface area contributed by atoms with Gasteiger partial charge in [-0.15, -0.1) is 0 Å². The van der Waals surface area contributed by atoms with Crippen LogP contribution in [0.5, 0.6) is 0 Å². The summed E-state index contributed by atoms with van der Waals surface area (Å²) >= 11 is 0. The van der Waals surface area contributed by atoms with E-state index in [1.165, 1.54) is 11.1 Å². The van der Waals surface area contributed by atoms with Gasteiger partial charge in [-0.25, -0.2) is 0 Å². The van der Waals surface area contributed by atoms with Crippen LogP contribution in [0.25, 0.3) is 0 Å². The van der Waals surface area contributed by atoms with Gasteiger partial charge in [-0.2, -0.15) is 0 Å². The van der Waals surface area contributed by atoms with Gasteiger partial charge >= 0.3 is 0 Å². The second-order valence-electron chi connectivity index (χ2n) is 7.81. The molecule has 0 radical (unpaired) electrons. The van der Waals surface area contributed by atoms with Crippen LogP contribution in [0.3, 0.4) is 0 Å². The molecule has 4 N–H and O–H groups in total. The average molecular weight is 389 g/mol. The number of carbonyl (C=O) groups is 2. The predicted molar refractivity (Wildman–Crippen MR) is 118 cm³/mol. The van der Waals surface area contributed by atoms with Gasteiger partial charge < -0.3 is 11.5 Å². The Bertz CT molecular complexity index is 608. The van der Waals surface area contributed by atoms with Crippen LogP contribution in [0.2, 0.25) is 0 Å². The van der Waals surface area contributed by atoms with Crippen molar-refractivity contribution in [1.29, 1.82) is 0 Å². The number of hydrogen-bond acceptors (Lipinski definition) is 2. The highest BCUT2D eigenvalue weighted by molar-refractivity contribution is 6.08. The van der Waals surface area contributed by atoms with Crippen molar-refractivity contribution >= 4 is 11.8 Å². The van der Waals surface area contributed by atoms with Gasteiger partial charge in [-0.1, -0.05) is 53.4 Å². The minimum Gasteiger partial charge on any atom is -0.366 e. The molecule has 0 aromatic heterocycles. The van der Waals surface area contributed by atoms with E-state index in [0.29, 0.717) is 11.1 Å². The maximum absolute atomic E-state index is 12.5. The number of amides is 2. The van der Waals surface area contributed by atoms with Crippen LogP contribution < -0.4 is 11.5 Å². The lowest BCUT2D eigenvalue weighted by atomic mass is 9.79. The first kappa shape index (κ1) is 24.2. The second-order valence-corrected chi connectivity index (χ2v) is 7.81. The molecule has 28 heavy (non-hydrogen) atoms. The topological polar surface area (TPSA) is 86.2 Å². The zero-order chi connectivity index (χ0) is 21.1. The summed E-state index contributed by atoms with van der Waals surface area (Å²) in [4.78, 5) is 25.0. The molecule has 4 heteroatoms. The van der Waals surface area contributed by atoms with Crippen LogP contribution >= 0.6 is 0 Å². The Balaban J connectivity index is 3.89. The van der Waals surface area contributed by atoms with E-state index in [-0.39, 0.29) is 0 Å². The van der Waals surface area contributed by atoms with E-state index in [1.54, 1.807) is 0 Å². The largest absolute Gasteiger partial charge is 0.366 e. The lowest BCUT2D eigenvalue weighted by molar-refractivity contribution is 0.0965. The van der Waals surface area contributed by atoms with Gasteiger partial charge in [0.05, 0.1) is 11.1 Å². The number of primary amides is 2. The summed E-state index contributed by atoms with van der Waals surface area (Å²) in [6, 6.07) is 0. The molecule has 158 valence electrons. The van der Waals surface area contributed by atoms with Crippen LogP contribution in [-0.2, 0) is 25.7 Å². The Kier molecular flexibility index (Phi) is 10.9. The summed E-state index contributed by atoms with van der Waals surface area (Å²) in [5.74, 6) is -1.03. The molecule has 0 fully saturated rings. The number of carbonyl (C=O) groups excluding carboxylic acids is 2. The number of unbranched alkanes of at least 4 members (excludes halogenated alkanes) is 4. The molecule has 4 nitrogen and oxygen atoms in total. The molecule has 0 saturated heterocycles. The summed E-state index contributed by atoms with van der Waals surface area (Å²) in [6.45, 7) is 8.64. The van der Waals surface area contributed by atoms with Crippen molar-refractivity contribution in [2.75, 3.05) is 0 Å². The first-order valence-electron chi connectivity index (χ1n) is 11.2. The lowest BCUT2D eigenvalue weighted by Gasteiger charge is -2.25. The first-order valence-corrected chi connectivity index (χ1v) is 11.2. The lowest BCUT2D eigenvalue weighted by Crippen LogP contribution is -2.27. The first-order chi connectivity index (χ1) is 13.4. The van der Waals surface area contributed by atoms with Crippen molar-refractivity contribution in [3.05, 3.63) is 33.4 Å². The molecule has 1 aromatic rings. The van der Waals surface area contributed by atoms with Crippen molar-refractivity contribution in [3.8, 4) is 0 Å². The molecule has 0 saturated carbocycles. The van der Waals surface area contributed by atoms with E-state index in [9.17, 15) is 9.59 Å². The molecule has 0 unspecified atom stereocenters. The predicted octanol–water partition coefficient (Wildman–Crippen LogP) is 5.25. The third kappa shape index (κ3) is 6.08. The Labute approximate surface area is 171 Å². The van der Waals surface area contributed by atoms with Crippen LogP contribution in [0.1, 0.15) is 122 Å². The van der Waals surface area contributed by atoms with Crippen molar-refractivity contribution in [3.63, 3.8) is 0 Å². The van der Waals surface area contributed by atoms with Gasteiger partial charge in [0, 0.05) is 0 Å². The minimum atomic E-state index is -0.516. The molecule has 0 atom stereocenters. The van der Waals surface area contributed by atoms with E-state index in [1.807, 2.05) is 0 Å². The Morgan fingerprint density at radius 3 is 1.00 bits per heavy atom. The molecule has 0 heterocycles. The number of benzene rings is 1. The molecule has 0 aliphatic carbocycles. The zero-order valence-electron chi connectivity index (χ0n) is 18.5. The number of hydrogen-bond donors (Lipinski definition) is 2. The van der Waals surface area contributed by atoms with Crippen LogP contribution in [-0.4, -0.2) is 11.8 Å². The molecular formula is C24H40N2O2. The SMILES string of the molecule is CCCCc1c(CCCC)c(CCCC)c(C(N)=O)c(C(N)=O)c1CCCC. The van der Waals surface area contributed by atoms with Crippen molar-refractivity contribution < 1.29 is 9.59 Å². The monoisotopic (exact) mass is 388 g/mol. The maximum Gasteiger partial charge on any atom is 0.249 e. The second kappa shape index (κ2) is 12.6. The summed E-state index contributed by atoms with van der Waals surface area (Å²) in [5.41, 5.74) is 17.0. The van der Waals surface area contributed by atoms with Crippen molar-refractivity contribution in [2.24, 2.45) is 11.5 Å². The summed E-state index contributed by atoms with van der Waals surface area (Å²) in [7, 11) is 0. The van der Waals surface area contributed by atoms with Gasteiger partial charge in [0.15, 0.2) is 0 Å². The van der Waals surface area contributed by atoms with Crippen LogP contribution in [0, 0.1) is 0 Å². The molecule has 2 amide bonds. The summed E-state index contributed by atoms with van der Waals surface area (Å²) < 4.78 is 0. The van der Waals surface area contributed by atoms with E-state index in [0.717, 1.165) is 88.2 Å². The number of nitrogens with two attached hydrogens (primary N) is 2. The molecule has 0 bridgehead atoms. The molecule has 1 rings (SSSR count). The minimum absolute atomic E-state index is 0.401. The Morgan fingerprint density at radius 1 is 0.536 bits per heavy atom. The standard InChI is InChI=1S/C24H40N2O2/c1-5-9-13-17-18(14-10-6-2)20(16-12-8-4)22(24(26)28)21(23(25)27)19(17)15-11-7-3/h5-16H2,1-4H3,(H2,25,27)(H2,26,28). The van der Waals surface area contributed by atoms with Crippen molar-refractivity contribution in [1.82, 2.24) is 0 Å². The number of rotatable bonds is 14. The normalized spacial score (nSPS) is 11.0. The molecular weight excluding hydrogens is 348 g/mol. The summed E-state index contributed by atoms with van der Waals surface area (Å²) in [6.07, 6.45) is 11.8. The molecule has 1 aromatic carbocycles. The average Bonchev–Trinajstić information content (AvgIpc) is 2.66. The highest BCUT2D eigenvalue weighted by atomic mass is 16.2. The van der Waals surface area contributed by atoms with Gasteiger partial charge in [0.1, 0.15) is 0 Å². The van der Waals surface area contributed by atoms with E-state index < -0.39 is 11.8 Å². The Morgan fingerprint density at radius 2 is 0.786 bits per heavy atom. The molecule has 0 aliphatic heterocycles. The maximum atomic E-state index is 12.5. The fraction of sp³-hybridized carbons (Fsp3) is 0.667. The highest BCUT2D eigenvalue weighted by Crippen LogP contribution is 2.33. The third-order valence-electron chi connectivity index (χ3n) is 5.56. The van der Waals surface area contributed by atoms with Crippen LogP contribution in [0.4, 0.5) is 0 Å². The van der Waals surface area contributed by atoms with Gasteiger partial charge in [0.25, 0.3) is 0 Å². The highest BCUT2D eigenvalue weighted by Gasteiger charge is 2.27.